The number of carbonyl (C=O) groups excluding carboxylic acids is 1. The van der Waals surface area contributed by atoms with Crippen LogP contribution in [0.1, 0.15) is 47.6 Å². The Hall–Kier alpha value is -3.02. The molecule has 0 radical (unpaired) electrons. The molecular formula is C20H22N4O2. The van der Waals surface area contributed by atoms with E-state index in [4.69, 9.17) is 5.73 Å². The van der Waals surface area contributed by atoms with Crippen molar-refractivity contribution in [1.29, 1.82) is 0 Å². The molecule has 1 aromatic heterocycles. The number of H-pyrrole nitrogens is 1. The molecule has 4 N–H and O–H groups in total. The van der Waals surface area contributed by atoms with Crippen LogP contribution in [0.4, 0.5) is 11.4 Å². The van der Waals surface area contributed by atoms with Crippen molar-refractivity contribution in [2.75, 3.05) is 11.1 Å². The van der Waals surface area contributed by atoms with E-state index in [1.807, 2.05) is 23.6 Å². The summed E-state index contributed by atoms with van der Waals surface area (Å²) in [5, 5.41) is 2.89. The van der Waals surface area contributed by atoms with Crippen molar-refractivity contribution in [3.05, 3.63) is 58.0 Å². The molecule has 1 aliphatic carbocycles. The van der Waals surface area contributed by atoms with Gasteiger partial charge in [0.1, 0.15) is 0 Å². The van der Waals surface area contributed by atoms with Crippen molar-refractivity contribution in [2.45, 2.75) is 38.6 Å². The van der Waals surface area contributed by atoms with E-state index >= 15 is 0 Å². The lowest BCUT2D eigenvalue weighted by molar-refractivity contribution is 0.102. The first-order valence-electron chi connectivity index (χ1n) is 8.94. The quantitative estimate of drug-likeness (QED) is 0.630. The Morgan fingerprint density at radius 2 is 1.96 bits per heavy atom. The van der Waals surface area contributed by atoms with Gasteiger partial charge in [0.05, 0.1) is 11.0 Å². The highest BCUT2D eigenvalue weighted by atomic mass is 16.2. The summed E-state index contributed by atoms with van der Waals surface area (Å²) in [6.45, 7) is 1.91. The van der Waals surface area contributed by atoms with E-state index in [-0.39, 0.29) is 17.6 Å². The second-order valence-corrected chi connectivity index (χ2v) is 7.00. The minimum Gasteiger partial charge on any atom is -0.399 e. The fourth-order valence-corrected chi connectivity index (χ4v) is 3.77. The number of aryl methyl sites for hydroxylation is 1. The average molecular weight is 350 g/mol. The van der Waals surface area contributed by atoms with Gasteiger partial charge in [0.2, 0.25) is 0 Å². The van der Waals surface area contributed by atoms with Crippen LogP contribution in [0.5, 0.6) is 0 Å². The van der Waals surface area contributed by atoms with Gasteiger partial charge in [-0.2, -0.15) is 0 Å². The van der Waals surface area contributed by atoms with Crippen molar-refractivity contribution in [3.63, 3.8) is 0 Å². The van der Waals surface area contributed by atoms with Crippen LogP contribution in [0.15, 0.2) is 41.2 Å². The van der Waals surface area contributed by atoms with Gasteiger partial charge in [-0.1, -0.05) is 18.9 Å². The topological polar surface area (TPSA) is 92.9 Å². The molecule has 0 aliphatic heterocycles. The summed E-state index contributed by atoms with van der Waals surface area (Å²) in [5.41, 5.74) is 9.98. The number of fused-ring (bicyclic) bond motifs is 1. The number of imidazole rings is 1. The third kappa shape index (κ3) is 2.87. The Balaban J connectivity index is 1.66. The molecule has 3 aromatic rings. The molecule has 0 atom stereocenters. The van der Waals surface area contributed by atoms with Crippen molar-refractivity contribution < 1.29 is 4.79 Å². The summed E-state index contributed by atoms with van der Waals surface area (Å²) in [7, 11) is 0. The Morgan fingerprint density at radius 3 is 2.73 bits per heavy atom. The highest BCUT2D eigenvalue weighted by Gasteiger charge is 2.21. The zero-order valence-electron chi connectivity index (χ0n) is 14.7. The predicted octanol–water partition coefficient (Wildman–Crippen LogP) is 3.59. The van der Waals surface area contributed by atoms with Crippen LogP contribution in [-0.4, -0.2) is 15.5 Å². The fraction of sp³-hybridized carbons (Fsp3) is 0.300. The van der Waals surface area contributed by atoms with Crippen molar-refractivity contribution in [3.8, 4) is 0 Å². The lowest BCUT2D eigenvalue weighted by Gasteiger charge is -2.12. The number of hydrogen-bond acceptors (Lipinski definition) is 3. The first kappa shape index (κ1) is 16.4. The highest BCUT2D eigenvalue weighted by molar-refractivity contribution is 6.06. The predicted molar refractivity (Wildman–Crippen MR) is 104 cm³/mol. The molecule has 0 bridgehead atoms. The summed E-state index contributed by atoms with van der Waals surface area (Å²) >= 11 is 0. The normalized spacial score (nSPS) is 14.8. The van der Waals surface area contributed by atoms with Gasteiger partial charge in [-0.25, -0.2) is 4.79 Å². The Morgan fingerprint density at radius 1 is 1.19 bits per heavy atom. The Labute approximate surface area is 151 Å². The largest absolute Gasteiger partial charge is 0.399 e. The first-order chi connectivity index (χ1) is 12.5. The number of nitrogen functional groups attached to an aromatic ring is 1. The molecule has 2 aromatic carbocycles. The van der Waals surface area contributed by atoms with Crippen LogP contribution in [0.2, 0.25) is 0 Å². The van der Waals surface area contributed by atoms with Gasteiger partial charge in [0.15, 0.2) is 0 Å². The molecule has 134 valence electrons. The molecular weight excluding hydrogens is 328 g/mol. The van der Waals surface area contributed by atoms with E-state index in [1.165, 1.54) is 0 Å². The number of rotatable bonds is 3. The maximum atomic E-state index is 12.6. The minimum atomic E-state index is -0.227. The van der Waals surface area contributed by atoms with E-state index < -0.39 is 0 Å². The number of carbonyl (C=O) groups is 1. The molecule has 1 fully saturated rings. The lowest BCUT2D eigenvalue weighted by Crippen LogP contribution is -2.20. The van der Waals surface area contributed by atoms with Gasteiger partial charge in [0, 0.05) is 23.0 Å². The molecule has 0 saturated heterocycles. The number of hydrogen-bond donors (Lipinski definition) is 3. The smallest absolute Gasteiger partial charge is 0.326 e. The molecule has 6 heteroatoms. The molecule has 1 aliphatic rings. The number of benzene rings is 2. The Bertz CT molecular complexity index is 1040. The van der Waals surface area contributed by atoms with Gasteiger partial charge in [-0.3, -0.25) is 9.36 Å². The fourth-order valence-electron chi connectivity index (χ4n) is 3.77. The van der Waals surface area contributed by atoms with E-state index in [0.717, 1.165) is 36.8 Å². The number of nitrogens with zero attached hydrogens (tertiary/aromatic N) is 1. The second-order valence-electron chi connectivity index (χ2n) is 7.00. The number of amides is 1. The minimum absolute atomic E-state index is 0.101. The van der Waals surface area contributed by atoms with Crippen LogP contribution < -0.4 is 16.7 Å². The maximum absolute atomic E-state index is 12.6. The van der Waals surface area contributed by atoms with E-state index in [1.54, 1.807) is 24.3 Å². The zero-order valence-corrected chi connectivity index (χ0v) is 14.7. The Kier molecular flexibility index (Phi) is 4.03. The second kappa shape index (κ2) is 6.37. The zero-order chi connectivity index (χ0) is 18.3. The van der Waals surface area contributed by atoms with Gasteiger partial charge in [-0.05, 0) is 55.7 Å². The molecule has 1 amide bonds. The molecule has 1 saturated carbocycles. The van der Waals surface area contributed by atoms with Gasteiger partial charge >= 0.3 is 5.69 Å². The van der Waals surface area contributed by atoms with E-state index in [9.17, 15) is 9.59 Å². The monoisotopic (exact) mass is 350 g/mol. The van der Waals surface area contributed by atoms with Gasteiger partial charge in [0.25, 0.3) is 5.91 Å². The van der Waals surface area contributed by atoms with Crippen LogP contribution >= 0.6 is 0 Å². The summed E-state index contributed by atoms with van der Waals surface area (Å²) in [6.07, 6.45) is 4.38. The standard InChI is InChI=1S/C20H22N4O2/c1-12-6-8-14(21)11-16(12)22-19(25)13-7-9-18-17(10-13)23-20(26)24(18)15-4-2-3-5-15/h6-11,15H,2-5,21H2,1H3,(H,22,25)(H,23,26). The molecule has 6 nitrogen and oxygen atoms in total. The number of nitrogens with two attached hydrogens (primary N) is 1. The van der Waals surface area contributed by atoms with E-state index in [0.29, 0.717) is 22.5 Å². The number of nitrogens with one attached hydrogen (secondary N) is 2. The van der Waals surface area contributed by atoms with Crippen molar-refractivity contribution in [1.82, 2.24) is 9.55 Å². The molecule has 0 unspecified atom stereocenters. The summed E-state index contributed by atoms with van der Waals surface area (Å²) in [6, 6.07) is 11.0. The third-order valence-corrected chi connectivity index (χ3v) is 5.18. The molecule has 26 heavy (non-hydrogen) atoms. The first-order valence-corrected chi connectivity index (χ1v) is 8.94. The molecule has 0 spiro atoms. The highest BCUT2D eigenvalue weighted by Crippen LogP contribution is 2.30. The molecule has 1 heterocycles. The van der Waals surface area contributed by atoms with Crippen molar-refractivity contribution in [2.24, 2.45) is 0 Å². The molecule has 4 rings (SSSR count). The summed E-state index contributed by atoms with van der Waals surface area (Å²) in [4.78, 5) is 27.9. The number of aromatic nitrogens is 2. The maximum Gasteiger partial charge on any atom is 0.326 e. The van der Waals surface area contributed by atoms with Crippen LogP contribution in [0, 0.1) is 6.92 Å². The van der Waals surface area contributed by atoms with Crippen molar-refractivity contribution >= 4 is 28.3 Å². The number of aromatic amines is 1. The third-order valence-electron chi connectivity index (χ3n) is 5.18. The number of anilines is 2. The van der Waals surface area contributed by atoms with Crippen LogP contribution in [-0.2, 0) is 0 Å². The summed E-state index contributed by atoms with van der Waals surface area (Å²) in [5.74, 6) is -0.227. The van der Waals surface area contributed by atoms with Gasteiger partial charge in [-0.15, -0.1) is 0 Å². The van der Waals surface area contributed by atoms with E-state index in [2.05, 4.69) is 10.3 Å². The lowest BCUT2D eigenvalue weighted by atomic mass is 10.1. The van der Waals surface area contributed by atoms with Gasteiger partial charge < -0.3 is 16.0 Å². The summed E-state index contributed by atoms with van der Waals surface area (Å²) < 4.78 is 1.84. The van der Waals surface area contributed by atoms with Crippen LogP contribution in [0.25, 0.3) is 11.0 Å². The van der Waals surface area contributed by atoms with Crippen LogP contribution in [0.3, 0.4) is 0 Å². The SMILES string of the molecule is Cc1ccc(N)cc1NC(=O)c1ccc2c(c1)[nH]c(=O)n2C1CCCC1. The average Bonchev–Trinajstić information content (AvgIpc) is 3.23.